The number of benzene rings is 1. The van der Waals surface area contributed by atoms with Gasteiger partial charge in [0.15, 0.2) is 0 Å². The number of amides is 1. The average molecular weight is 364 g/mol. The van der Waals surface area contributed by atoms with Crippen LogP contribution in [0.1, 0.15) is 32.4 Å². The molecule has 0 aliphatic rings. The van der Waals surface area contributed by atoms with Gasteiger partial charge >= 0.3 is 0 Å². The van der Waals surface area contributed by atoms with Gasteiger partial charge in [0.2, 0.25) is 15.9 Å². The van der Waals surface area contributed by atoms with Gasteiger partial charge in [-0.2, -0.15) is 4.31 Å². The molecule has 0 spiro atoms. The molecule has 6 nitrogen and oxygen atoms in total. The van der Waals surface area contributed by atoms with Gasteiger partial charge in [0, 0.05) is 13.1 Å². The van der Waals surface area contributed by atoms with Gasteiger partial charge in [-0.25, -0.2) is 8.42 Å². The van der Waals surface area contributed by atoms with Crippen molar-refractivity contribution in [3.63, 3.8) is 0 Å². The number of hydrogen-bond donors (Lipinski definition) is 2. The Morgan fingerprint density at radius 3 is 2.13 bits per heavy atom. The van der Waals surface area contributed by atoms with Crippen LogP contribution in [-0.4, -0.2) is 45.3 Å². The molecule has 0 aliphatic heterocycles. The maximum Gasteiger partial charge on any atom is 0.243 e. The topological polar surface area (TPSA) is 78.5 Å². The van der Waals surface area contributed by atoms with Crippen molar-refractivity contribution >= 4 is 28.3 Å². The lowest BCUT2D eigenvalue weighted by atomic mass is 10.1. The molecule has 0 aliphatic carbocycles. The maximum absolute atomic E-state index is 12.4. The number of sulfonamides is 1. The SMILES string of the molecule is CCN(CC)S(=O)(=O)c1ccc(C(C)NC(=O)CNC)cc1.Cl. The molecule has 1 rings (SSSR count). The zero-order chi connectivity index (χ0) is 16.8. The van der Waals surface area contributed by atoms with Crippen molar-refractivity contribution < 1.29 is 13.2 Å². The zero-order valence-corrected chi connectivity index (χ0v) is 15.6. The summed E-state index contributed by atoms with van der Waals surface area (Å²) >= 11 is 0. The molecule has 1 amide bonds. The summed E-state index contributed by atoms with van der Waals surface area (Å²) in [7, 11) is -1.73. The van der Waals surface area contributed by atoms with E-state index in [-0.39, 0.29) is 35.8 Å². The fourth-order valence-electron chi connectivity index (χ4n) is 2.18. The number of carbonyl (C=O) groups is 1. The van der Waals surface area contributed by atoms with E-state index in [2.05, 4.69) is 10.6 Å². The van der Waals surface area contributed by atoms with E-state index in [1.807, 2.05) is 20.8 Å². The lowest BCUT2D eigenvalue weighted by Crippen LogP contribution is -2.34. The Labute approximate surface area is 145 Å². The first-order valence-electron chi connectivity index (χ1n) is 7.40. The van der Waals surface area contributed by atoms with Gasteiger partial charge in [-0.1, -0.05) is 26.0 Å². The predicted molar refractivity (Wildman–Crippen MR) is 94.3 cm³/mol. The van der Waals surface area contributed by atoms with Gasteiger partial charge in [-0.15, -0.1) is 12.4 Å². The minimum Gasteiger partial charge on any atom is -0.348 e. The minimum atomic E-state index is -3.44. The molecular formula is C15H26ClN3O3S. The first-order valence-corrected chi connectivity index (χ1v) is 8.84. The van der Waals surface area contributed by atoms with Gasteiger partial charge in [-0.3, -0.25) is 4.79 Å². The predicted octanol–water partition coefficient (Wildman–Crippen LogP) is 1.54. The fraction of sp³-hybridized carbons (Fsp3) is 0.533. The molecule has 0 saturated heterocycles. The third-order valence-electron chi connectivity index (χ3n) is 3.44. The normalized spacial score (nSPS) is 12.6. The Morgan fingerprint density at radius 1 is 1.17 bits per heavy atom. The Morgan fingerprint density at radius 2 is 1.70 bits per heavy atom. The van der Waals surface area contributed by atoms with Crippen molar-refractivity contribution in [3.8, 4) is 0 Å². The summed E-state index contributed by atoms with van der Waals surface area (Å²) in [4.78, 5) is 11.8. The van der Waals surface area contributed by atoms with Gasteiger partial charge in [-0.05, 0) is 31.7 Å². The Kier molecular flexibility index (Phi) is 9.38. The van der Waals surface area contributed by atoms with E-state index in [0.29, 0.717) is 13.1 Å². The van der Waals surface area contributed by atoms with Crippen LogP contribution in [0.3, 0.4) is 0 Å². The van der Waals surface area contributed by atoms with Crippen molar-refractivity contribution in [3.05, 3.63) is 29.8 Å². The van der Waals surface area contributed by atoms with Crippen LogP contribution in [0, 0.1) is 0 Å². The molecule has 0 heterocycles. The highest BCUT2D eigenvalue weighted by molar-refractivity contribution is 7.89. The van der Waals surface area contributed by atoms with E-state index in [4.69, 9.17) is 0 Å². The molecule has 23 heavy (non-hydrogen) atoms. The third kappa shape index (κ3) is 5.76. The summed E-state index contributed by atoms with van der Waals surface area (Å²) in [5, 5.41) is 5.62. The van der Waals surface area contributed by atoms with E-state index < -0.39 is 10.0 Å². The van der Waals surface area contributed by atoms with E-state index >= 15 is 0 Å². The molecule has 8 heteroatoms. The van der Waals surface area contributed by atoms with Crippen LogP contribution in [0.15, 0.2) is 29.2 Å². The molecule has 0 aromatic heterocycles. The van der Waals surface area contributed by atoms with Crippen LogP contribution in [0.2, 0.25) is 0 Å². The summed E-state index contributed by atoms with van der Waals surface area (Å²) in [6, 6.07) is 6.47. The molecule has 1 aromatic rings. The van der Waals surface area contributed by atoms with Crippen LogP contribution in [0.4, 0.5) is 0 Å². The Balaban J connectivity index is 0.00000484. The number of carbonyl (C=O) groups excluding carboxylic acids is 1. The number of rotatable bonds is 8. The number of nitrogens with zero attached hydrogens (tertiary/aromatic N) is 1. The van der Waals surface area contributed by atoms with Crippen LogP contribution in [0.25, 0.3) is 0 Å². The third-order valence-corrected chi connectivity index (χ3v) is 5.50. The molecule has 2 N–H and O–H groups in total. The van der Waals surface area contributed by atoms with Gasteiger partial charge in [0.1, 0.15) is 0 Å². The summed E-state index contributed by atoms with van der Waals surface area (Å²) in [5.41, 5.74) is 0.864. The average Bonchev–Trinajstić information content (AvgIpc) is 2.48. The quantitative estimate of drug-likeness (QED) is 0.734. The van der Waals surface area contributed by atoms with Crippen LogP contribution in [0.5, 0.6) is 0 Å². The fourth-order valence-corrected chi connectivity index (χ4v) is 3.64. The first-order chi connectivity index (χ1) is 10.4. The van der Waals surface area contributed by atoms with Crippen LogP contribution < -0.4 is 10.6 Å². The number of likely N-dealkylation sites (N-methyl/N-ethyl adjacent to an activating group) is 1. The summed E-state index contributed by atoms with van der Waals surface area (Å²) in [6.07, 6.45) is 0. The second-order valence-corrected chi connectivity index (χ2v) is 6.92. The van der Waals surface area contributed by atoms with Crippen molar-refractivity contribution in [2.24, 2.45) is 0 Å². The second-order valence-electron chi connectivity index (χ2n) is 4.98. The molecule has 1 aromatic carbocycles. The minimum absolute atomic E-state index is 0. The molecule has 1 unspecified atom stereocenters. The molecule has 0 fully saturated rings. The smallest absolute Gasteiger partial charge is 0.243 e. The van der Waals surface area contributed by atoms with Crippen molar-refractivity contribution in [2.45, 2.75) is 31.7 Å². The molecule has 0 bridgehead atoms. The highest BCUT2D eigenvalue weighted by atomic mass is 35.5. The lowest BCUT2D eigenvalue weighted by molar-refractivity contribution is -0.120. The first kappa shape index (κ1) is 21.9. The van der Waals surface area contributed by atoms with E-state index in [1.165, 1.54) is 4.31 Å². The maximum atomic E-state index is 12.4. The zero-order valence-electron chi connectivity index (χ0n) is 14.0. The van der Waals surface area contributed by atoms with Gasteiger partial charge < -0.3 is 10.6 Å². The van der Waals surface area contributed by atoms with E-state index in [1.54, 1.807) is 31.3 Å². The van der Waals surface area contributed by atoms with Gasteiger partial charge in [0.25, 0.3) is 0 Å². The number of hydrogen-bond acceptors (Lipinski definition) is 4. The number of nitrogens with one attached hydrogen (secondary N) is 2. The molecule has 0 saturated carbocycles. The van der Waals surface area contributed by atoms with Crippen molar-refractivity contribution in [1.82, 2.24) is 14.9 Å². The number of halogens is 1. The Bertz CT molecular complexity index is 586. The van der Waals surface area contributed by atoms with Crippen LogP contribution in [-0.2, 0) is 14.8 Å². The Hall–Kier alpha value is -1.15. The lowest BCUT2D eigenvalue weighted by Gasteiger charge is -2.19. The highest BCUT2D eigenvalue weighted by Crippen LogP contribution is 2.19. The standard InChI is InChI=1S/C15H25N3O3S.ClH/c1-5-18(6-2)22(20,21)14-9-7-13(8-10-14)12(3)17-15(19)11-16-4;/h7-10,12,16H,5-6,11H2,1-4H3,(H,17,19);1H. The summed E-state index contributed by atoms with van der Waals surface area (Å²) in [5.74, 6) is -0.102. The molecular weight excluding hydrogens is 338 g/mol. The van der Waals surface area contributed by atoms with E-state index in [0.717, 1.165) is 5.56 Å². The van der Waals surface area contributed by atoms with E-state index in [9.17, 15) is 13.2 Å². The van der Waals surface area contributed by atoms with Crippen molar-refractivity contribution in [1.29, 1.82) is 0 Å². The monoisotopic (exact) mass is 363 g/mol. The molecule has 0 radical (unpaired) electrons. The van der Waals surface area contributed by atoms with Crippen LogP contribution >= 0.6 is 12.4 Å². The van der Waals surface area contributed by atoms with Gasteiger partial charge in [0.05, 0.1) is 17.5 Å². The van der Waals surface area contributed by atoms with Crippen molar-refractivity contribution in [2.75, 3.05) is 26.7 Å². The summed E-state index contributed by atoms with van der Waals surface area (Å²) < 4.78 is 26.2. The second kappa shape index (κ2) is 9.87. The summed E-state index contributed by atoms with van der Waals surface area (Å²) in [6.45, 7) is 6.62. The molecule has 1 atom stereocenters. The highest BCUT2D eigenvalue weighted by Gasteiger charge is 2.21. The molecule has 132 valence electrons. The largest absolute Gasteiger partial charge is 0.348 e.